The highest BCUT2D eigenvalue weighted by molar-refractivity contribution is 5.99. The molecule has 0 bridgehead atoms. The molecule has 5 rings (SSSR count). The van der Waals surface area contributed by atoms with Crippen LogP contribution in [0.2, 0.25) is 0 Å². The van der Waals surface area contributed by atoms with Crippen LogP contribution in [0.25, 0.3) is 38.9 Å². The van der Waals surface area contributed by atoms with Gasteiger partial charge in [-0.05, 0) is 62.6 Å². The van der Waals surface area contributed by atoms with Gasteiger partial charge in [-0.15, -0.1) is 0 Å². The number of aryl methyl sites for hydroxylation is 2. The van der Waals surface area contributed by atoms with Crippen LogP contribution >= 0.6 is 0 Å². The van der Waals surface area contributed by atoms with E-state index in [4.69, 9.17) is 14.8 Å². The fraction of sp³-hybridized carbons (Fsp3) is 0.312. The Morgan fingerprint density at radius 2 is 1.56 bits per heavy atom. The van der Waals surface area contributed by atoms with Crippen LogP contribution in [0.4, 0.5) is 0 Å². The molecular weight excluding hydrogens is 442 g/mol. The Labute approximate surface area is 213 Å². The van der Waals surface area contributed by atoms with E-state index >= 15 is 0 Å². The molecule has 184 valence electrons. The molecule has 0 N–H and O–H groups in total. The van der Waals surface area contributed by atoms with Gasteiger partial charge in [0.1, 0.15) is 11.4 Å². The number of aromatic nitrogens is 3. The van der Waals surface area contributed by atoms with Crippen molar-refractivity contribution in [2.75, 3.05) is 6.61 Å². The molecule has 36 heavy (non-hydrogen) atoms. The van der Waals surface area contributed by atoms with Crippen molar-refractivity contribution in [3.63, 3.8) is 0 Å². The van der Waals surface area contributed by atoms with Crippen LogP contribution in [-0.2, 0) is 0 Å². The van der Waals surface area contributed by atoms with Gasteiger partial charge in [-0.25, -0.2) is 9.67 Å². The van der Waals surface area contributed by atoms with E-state index in [-0.39, 0.29) is 0 Å². The van der Waals surface area contributed by atoms with Gasteiger partial charge >= 0.3 is 0 Å². The van der Waals surface area contributed by atoms with Crippen molar-refractivity contribution in [1.82, 2.24) is 14.8 Å². The standard InChI is InChI=1S/C32H35N3O/c1-5-7-24(6-2)18-19-36-28-16-17-30-26(20-28)21-29-31(25-12-8-22(3)9-13-25)34-35(32(29)33-30)27-14-10-23(4)11-15-27/h8-17,20-21,24H,5-7,18-19H2,1-4H3. The lowest BCUT2D eigenvalue weighted by Gasteiger charge is -2.14. The summed E-state index contributed by atoms with van der Waals surface area (Å²) in [4.78, 5) is 5.07. The molecular formula is C32H35N3O. The Bertz CT molecular complexity index is 1470. The summed E-state index contributed by atoms with van der Waals surface area (Å²) in [6.45, 7) is 9.48. The number of rotatable bonds is 9. The zero-order chi connectivity index (χ0) is 25.1. The number of hydrogen-bond donors (Lipinski definition) is 0. The average molecular weight is 478 g/mol. The van der Waals surface area contributed by atoms with E-state index in [1.54, 1.807) is 0 Å². The molecule has 4 heteroatoms. The van der Waals surface area contributed by atoms with Crippen LogP contribution in [0.5, 0.6) is 5.75 Å². The van der Waals surface area contributed by atoms with Gasteiger partial charge in [-0.1, -0.05) is 80.6 Å². The van der Waals surface area contributed by atoms with Gasteiger partial charge in [-0.2, -0.15) is 5.10 Å². The third-order valence-corrected chi connectivity index (χ3v) is 7.09. The van der Waals surface area contributed by atoms with Gasteiger partial charge in [0.15, 0.2) is 5.65 Å². The zero-order valence-corrected chi connectivity index (χ0v) is 21.8. The number of nitrogens with zero attached hydrogens (tertiary/aromatic N) is 3. The van der Waals surface area contributed by atoms with Gasteiger partial charge in [0.2, 0.25) is 0 Å². The molecule has 0 saturated carbocycles. The summed E-state index contributed by atoms with van der Waals surface area (Å²) in [5.74, 6) is 1.64. The van der Waals surface area contributed by atoms with E-state index in [9.17, 15) is 0 Å². The molecule has 2 aromatic heterocycles. The number of pyridine rings is 1. The van der Waals surface area contributed by atoms with Gasteiger partial charge in [0.25, 0.3) is 0 Å². The molecule has 0 radical (unpaired) electrons. The molecule has 0 saturated heterocycles. The second-order valence-electron chi connectivity index (χ2n) is 9.88. The maximum Gasteiger partial charge on any atom is 0.164 e. The van der Waals surface area contributed by atoms with Crippen LogP contribution < -0.4 is 4.74 Å². The molecule has 0 amide bonds. The van der Waals surface area contributed by atoms with Crippen molar-refractivity contribution >= 4 is 21.9 Å². The zero-order valence-electron chi connectivity index (χ0n) is 21.8. The van der Waals surface area contributed by atoms with Gasteiger partial charge in [-0.3, -0.25) is 0 Å². The third-order valence-electron chi connectivity index (χ3n) is 7.09. The molecule has 0 aliphatic rings. The third kappa shape index (κ3) is 4.99. The van der Waals surface area contributed by atoms with Gasteiger partial charge in [0.05, 0.1) is 17.8 Å². The first-order valence-corrected chi connectivity index (χ1v) is 13.2. The Hall–Kier alpha value is -3.66. The van der Waals surface area contributed by atoms with Crippen LogP contribution in [0.15, 0.2) is 72.8 Å². The molecule has 2 heterocycles. The van der Waals surface area contributed by atoms with Crippen LogP contribution in [0.1, 0.15) is 50.7 Å². The highest BCUT2D eigenvalue weighted by atomic mass is 16.5. The Morgan fingerprint density at radius 1 is 0.833 bits per heavy atom. The summed E-state index contributed by atoms with van der Waals surface area (Å²) in [5.41, 5.74) is 7.30. The number of benzene rings is 3. The minimum atomic E-state index is 0.737. The van der Waals surface area contributed by atoms with Crippen molar-refractivity contribution in [2.45, 2.75) is 53.4 Å². The van der Waals surface area contributed by atoms with E-state index in [1.165, 1.54) is 30.4 Å². The van der Waals surface area contributed by atoms with E-state index in [0.717, 1.165) is 63.6 Å². The SMILES string of the molecule is CCCC(CC)CCOc1ccc2nc3c(cc2c1)c(-c1ccc(C)cc1)nn3-c1ccc(C)cc1. The summed E-state index contributed by atoms with van der Waals surface area (Å²) in [6, 6.07) is 25.4. The van der Waals surface area contributed by atoms with Crippen molar-refractivity contribution in [3.05, 3.63) is 83.9 Å². The van der Waals surface area contributed by atoms with Crippen molar-refractivity contribution in [1.29, 1.82) is 0 Å². The minimum Gasteiger partial charge on any atom is -0.494 e. The first-order chi connectivity index (χ1) is 17.6. The molecule has 0 aliphatic carbocycles. The van der Waals surface area contributed by atoms with E-state index < -0.39 is 0 Å². The molecule has 0 spiro atoms. The number of fused-ring (bicyclic) bond motifs is 2. The molecule has 0 aliphatic heterocycles. The first kappa shape index (κ1) is 24.1. The molecule has 1 atom stereocenters. The summed E-state index contributed by atoms with van der Waals surface area (Å²) in [5, 5.41) is 7.16. The maximum atomic E-state index is 6.17. The van der Waals surface area contributed by atoms with Crippen LogP contribution in [0, 0.1) is 19.8 Å². The van der Waals surface area contributed by atoms with Crippen molar-refractivity contribution < 1.29 is 4.74 Å². The Balaban J connectivity index is 1.56. The smallest absolute Gasteiger partial charge is 0.164 e. The quantitative estimate of drug-likeness (QED) is 0.214. The second-order valence-corrected chi connectivity index (χ2v) is 9.88. The monoisotopic (exact) mass is 477 g/mol. The van der Waals surface area contributed by atoms with Crippen LogP contribution in [0.3, 0.4) is 0 Å². The van der Waals surface area contributed by atoms with E-state index in [0.29, 0.717) is 0 Å². The first-order valence-electron chi connectivity index (χ1n) is 13.2. The number of hydrogen-bond acceptors (Lipinski definition) is 3. The predicted octanol–water partition coefficient (Wildman–Crippen LogP) is 8.45. The highest BCUT2D eigenvalue weighted by Crippen LogP contribution is 2.33. The molecule has 3 aromatic carbocycles. The Morgan fingerprint density at radius 3 is 2.25 bits per heavy atom. The molecule has 0 fully saturated rings. The topological polar surface area (TPSA) is 39.9 Å². The van der Waals surface area contributed by atoms with E-state index in [2.05, 4.69) is 94.4 Å². The molecule has 1 unspecified atom stereocenters. The molecule has 4 nitrogen and oxygen atoms in total. The predicted molar refractivity (Wildman–Crippen MR) is 150 cm³/mol. The Kier molecular flexibility index (Phi) is 7.04. The highest BCUT2D eigenvalue weighted by Gasteiger charge is 2.17. The summed E-state index contributed by atoms with van der Waals surface area (Å²) in [7, 11) is 0. The second kappa shape index (κ2) is 10.5. The summed E-state index contributed by atoms with van der Waals surface area (Å²) < 4.78 is 8.13. The lowest BCUT2D eigenvalue weighted by molar-refractivity contribution is 0.268. The summed E-state index contributed by atoms with van der Waals surface area (Å²) in [6.07, 6.45) is 4.81. The lowest BCUT2D eigenvalue weighted by atomic mass is 9.98. The fourth-order valence-corrected chi connectivity index (χ4v) is 4.87. The molecule has 5 aromatic rings. The van der Waals surface area contributed by atoms with Crippen molar-refractivity contribution in [2.24, 2.45) is 5.92 Å². The maximum absolute atomic E-state index is 6.17. The van der Waals surface area contributed by atoms with Crippen molar-refractivity contribution in [3.8, 4) is 22.7 Å². The minimum absolute atomic E-state index is 0.737. The number of ether oxygens (including phenoxy) is 1. The summed E-state index contributed by atoms with van der Waals surface area (Å²) >= 11 is 0. The average Bonchev–Trinajstić information content (AvgIpc) is 3.26. The van der Waals surface area contributed by atoms with Crippen LogP contribution in [-0.4, -0.2) is 21.4 Å². The van der Waals surface area contributed by atoms with E-state index in [1.807, 2.05) is 10.7 Å². The normalized spacial score (nSPS) is 12.3. The largest absolute Gasteiger partial charge is 0.494 e. The fourth-order valence-electron chi connectivity index (χ4n) is 4.87. The van der Waals surface area contributed by atoms with Gasteiger partial charge < -0.3 is 4.74 Å². The lowest BCUT2D eigenvalue weighted by Crippen LogP contribution is -2.06. The van der Waals surface area contributed by atoms with Gasteiger partial charge in [0, 0.05) is 16.3 Å².